The molecule has 4 rings (SSSR count). The van der Waals surface area contributed by atoms with Gasteiger partial charge in [-0.2, -0.15) is 0 Å². The first-order valence-corrected chi connectivity index (χ1v) is 11.5. The molecule has 0 spiro atoms. The van der Waals surface area contributed by atoms with E-state index in [2.05, 4.69) is 53.1 Å². The number of rotatable bonds is 9. The molecule has 0 saturated carbocycles. The number of hydrogen-bond donors (Lipinski definition) is 3. The maximum absolute atomic E-state index is 12.7. The zero-order chi connectivity index (χ0) is 22.0. The molecular weight excluding hydrogens is 398 g/mol. The van der Waals surface area contributed by atoms with Crippen LogP contribution in [-0.4, -0.2) is 38.8 Å². The average molecular weight is 432 g/mol. The number of nitrogens with one attached hydrogen (secondary N) is 2. The smallest absolute Gasteiger partial charge is 0.275 e. The maximum atomic E-state index is 12.7. The van der Waals surface area contributed by atoms with Crippen molar-refractivity contribution in [2.45, 2.75) is 19.1 Å². The van der Waals surface area contributed by atoms with E-state index in [-0.39, 0.29) is 11.9 Å². The molecule has 1 aliphatic heterocycles. The molecular formula is C27H33N3O2+2. The summed E-state index contributed by atoms with van der Waals surface area (Å²) in [7, 11) is 0. The molecule has 0 atom stereocenters. The van der Waals surface area contributed by atoms with Gasteiger partial charge in [-0.15, -0.1) is 0 Å². The number of benzene rings is 3. The lowest BCUT2D eigenvalue weighted by Gasteiger charge is -2.24. The number of carbonyl (C=O) groups is 1. The number of morpholine rings is 1. The number of amides is 1. The van der Waals surface area contributed by atoms with Crippen LogP contribution in [0, 0.1) is 0 Å². The van der Waals surface area contributed by atoms with Gasteiger partial charge in [0, 0.05) is 23.2 Å². The summed E-state index contributed by atoms with van der Waals surface area (Å²) in [4.78, 5) is 14.3. The third-order valence-corrected chi connectivity index (χ3v) is 6.09. The van der Waals surface area contributed by atoms with Crippen molar-refractivity contribution in [3.8, 4) is 0 Å². The Kier molecular flexibility index (Phi) is 8.04. The van der Waals surface area contributed by atoms with Gasteiger partial charge in [-0.25, -0.2) is 0 Å². The van der Waals surface area contributed by atoms with E-state index in [9.17, 15) is 4.79 Å². The molecule has 1 heterocycles. The second-order valence-corrected chi connectivity index (χ2v) is 8.32. The fourth-order valence-corrected chi connectivity index (χ4v) is 4.28. The first-order valence-electron chi connectivity index (χ1n) is 11.5. The molecule has 1 fully saturated rings. The van der Waals surface area contributed by atoms with Crippen molar-refractivity contribution in [1.29, 1.82) is 0 Å². The summed E-state index contributed by atoms with van der Waals surface area (Å²) in [5, 5.41) is 5.25. The summed E-state index contributed by atoms with van der Waals surface area (Å²) >= 11 is 0. The van der Waals surface area contributed by atoms with Gasteiger partial charge in [0.25, 0.3) is 5.91 Å². The Morgan fingerprint density at radius 2 is 1.41 bits per heavy atom. The Morgan fingerprint density at radius 1 is 0.844 bits per heavy atom. The quantitative estimate of drug-likeness (QED) is 0.475. The zero-order valence-electron chi connectivity index (χ0n) is 18.5. The van der Waals surface area contributed by atoms with Crippen molar-refractivity contribution in [2.75, 3.05) is 32.8 Å². The molecule has 0 unspecified atom stereocenters. The van der Waals surface area contributed by atoms with Crippen molar-refractivity contribution in [3.05, 3.63) is 107 Å². The van der Waals surface area contributed by atoms with Crippen LogP contribution in [0.5, 0.6) is 0 Å². The van der Waals surface area contributed by atoms with Crippen LogP contribution in [0.1, 0.15) is 28.3 Å². The second kappa shape index (κ2) is 11.6. The van der Waals surface area contributed by atoms with Crippen LogP contribution >= 0.6 is 0 Å². The predicted molar refractivity (Wildman–Crippen MR) is 125 cm³/mol. The van der Waals surface area contributed by atoms with Crippen LogP contribution in [0.25, 0.3) is 0 Å². The van der Waals surface area contributed by atoms with Crippen LogP contribution < -0.4 is 15.5 Å². The first-order chi connectivity index (χ1) is 15.8. The fraction of sp³-hybridized carbons (Fsp3) is 0.296. The Hall–Kier alpha value is -2.99. The van der Waals surface area contributed by atoms with Gasteiger partial charge in [0.1, 0.15) is 25.7 Å². The molecule has 0 aliphatic carbocycles. The highest BCUT2D eigenvalue weighted by molar-refractivity contribution is 5.76. The fourth-order valence-electron chi connectivity index (χ4n) is 4.28. The van der Waals surface area contributed by atoms with Gasteiger partial charge in [-0.1, -0.05) is 84.9 Å². The van der Waals surface area contributed by atoms with E-state index in [0.717, 1.165) is 32.8 Å². The van der Waals surface area contributed by atoms with Crippen molar-refractivity contribution in [2.24, 2.45) is 0 Å². The van der Waals surface area contributed by atoms with Gasteiger partial charge in [0.05, 0.1) is 13.2 Å². The summed E-state index contributed by atoms with van der Waals surface area (Å²) < 4.78 is 5.48. The van der Waals surface area contributed by atoms with E-state index in [0.29, 0.717) is 13.1 Å². The minimum atomic E-state index is 0.0513. The third-order valence-electron chi connectivity index (χ3n) is 6.09. The summed E-state index contributed by atoms with van der Waals surface area (Å²) in [5.41, 5.74) is 4.90. The molecule has 1 saturated heterocycles. The number of hydrogen-bond acceptors (Lipinski definition) is 2. The summed E-state index contributed by atoms with van der Waals surface area (Å²) in [6, 6.07) is 29.2. The Morgan fingerprint density at radius 3 is 2.03 bits per heavy atom. The highest BCUT2D eigenvalue weighted by atomic mass is 16.5. The van der Waals surface area contributed by atoms with Crippen LogP contribution in [0.2, 0.25) is 0 Å². The minimum Gasteiger partial charge on any atom is -0.370 e. The summed E-state index contributed by atoms with van der Waals surface area (Å²) in [6.45, 7) is 5.65. The summed E-state index contributed by atoms with van der Waals surface area (Å²) in [6.07, 6.45) is 0. The van der Waals surface area contributed by atoms with Crippen molar-refractivity contribution in [1.82, 2.24) is 5.32 Å². The Balaban J connectivity index is 1.34. The molecule has 0 aromatic heterocycles. The molecule has 4 N–H and O–H groups in total. The van der Waals surface area contributed by atoms with Crippen LogP contribution in [0.3, 0.4) is 0 Å². The molecule has 166 valence electrons. The lowest BCUT2D eigenvalue weighted by atomic mass is 9.99. The average Bonchev–Trinajstić information content (AvgIpc) is 2.86. The number of carbonyl (C=O) groups excluding carboxylic acids is 1. The number of nitrogens with two attached hydrogens (primary N) is 1. The topological polar surface area (TPSA) is 59.4 Å². The predicted octanol–water partition coefficient (Wildman–Crippen LogP) is 1.07. The molecule has 5 heteroatoms. The first kappa shape index (κ1) is 22.2. The highest BCUT2D eigenvalue weighted by Crippen LogP contribution is 2.17. The molecule has 0 bridgehead atoms. The van der Waals surface area contributed by atoms with Gasteiger partial charge < -0.3 is 20.3 Å². The van der Waals surface area contributed by atoms with E-state index in [1.807, 2.05) is 42.5 Å². The Bertz CT molecular complexity index is 933. The molecule has 3 aromatic rings. The zero-order valence-corrected chi connectivity index (χ0v) is 18.5. The largest absolute Gasteiger partial charge is 0.370 e. The van der Waals surface area contributed by atoms with Gasteiger partial charge in [0.2, 0.25) is 0 Å². The van der Waals surface area contributed by atoms with Crippen molar-refractivity contribution in [3.63, 3.8) is 0 Å². The van der Waals surface area contributed by atoms with Gasteiger partial charge in [0.15, 0.2) is 6.54 Å². The maximum Gasteiger partial charge on any atom is 0.275 e. The van der Waals surface area contributed by atoms with E-state index < -0.39 is 0 Å². The molecule has 1 amide bonds. The van der Waals surface area contributed by atoms with E-state index in [1.165, 1.54) is 27.2 Å². The SMILES string of the molecule is O=C(C[NH2+]C(c1ccccc1)c1ccccc1)NCc1ccccc1C[NH+]1CCOCC1. The molecule has 1 aliphatic rings. The van der Waals surface area contributed by atoms with E-state index in [4.69, 9.17) is 4.74 Å². The second-order valence-electron chi connectivity index (χ2n) is 8.32. The highest BCUT2D eigenvalue weighted by Gasteiger charge is 2.19. The molecule has 32 heavy (non-hydrogen) atoms. The minimum absolute atomic E-state index is 0.0513. The normalized spacial score (nSPS) is 14.4. The Labute approximate surface area is 190 Å². The van der Waals surface area contributed by atoms with Crippen LogP contribution in [0.15, 0.2) is 84.9 Å². The van der Waals surface area contributed by atoms with Gasteiger partial charge in [-0.3, -0.25) is 4.79 Å². The summed E-state index contributed by atoms with van der Waals surface area (Å²) in [5.74, 6) is 0.0513. The third kappa shape index (κ3) is 6.26. The lowest BCUT2D eigenvalue weighted by Crippen LogP contribution is -3.12. The standard InChI is InChI=1S/C27H31N3O2/c31-26(20-29-27(22-9-3-1-4-10-22)23-11-5-2-6-12-23)28-19-24-13-7-8-14-25(24)21-30-15-17-32-18-16-30/h1-14,27,29H,15-21H2,(H,28,31)/p+2. The van der Waals surface area contributed by atoms with Gasteiger partial charge >= 0.3 is 0 Å². The van der Waals surface area contributed by atoms with Crippen LogP contribution in [0.4, 0.5) is 0 Å². The van der Waals surface area contributed by atoms with E-state index >= 15 is 0 Å². The van der Waals surface area contributed by atoms with Gasteiger partial charge in [-0.05, 0) is 5.56 Å². The van der Waals surface area contributed by atoms with Crippen molar-refractivity contribution < 1.29 is 19.7 Å². The number of quaternary nitrogens is 2. The molecule has 3 aromatic carbocycles. The van der Waals surface area contributed by atoms with Crippen molar-refractivity contribution >= 4 is 5.91 Å². The van der Waals surface area contributed by atoms with E-state index in [1.54, 1.807) is 0 Å². The number of ether oxygens (including phenoxy) is 1. The monoisotopic (exact) mass is 431 g/mol. The van der Waals surface area contributed by atoms with Crippen LogP contribution in [-0.2, 0) is 22.6 Å². The molecule has 0 radical (unpaired) electrons. The lowest BCUT2D eigenvalue weighted by molar-refractivity contribution is -0.921. The molecule has 5 nitrogen and oxygen atoms in total.